The van der Waals surface area contributed by atoms with Crippen LogP contribution in [-0.4, -0.2) is 27.6 Å². The molecule has 1 aromatic rings. The summed E-state index contributed by atoms with van der Waals surface area (Å²) in [5.74, 6) is -1.47. The van der Waals surface area contributed by atoms with E-state index in [1.54, 1.807) is 0 Å². The quantitative estimate of drug-likeness (QED) is 0.616. The zero-order chi connectivity index (χ0) is 14.6. The van der Waals surface area contributed by atoms with Crippen LogP contribution in [-0.2, 0) is 13.8 Å². The minimum absolute atomic E-state index is 0.00912. The summed E-state index contributed by atoms with van der Waals surface area (Å²) < 4.78 is 55.3. The van der Waals surface area contributed by atoms with Crippen LogP contribution in [0.25, 0.3) is 0 Å². The van der Waals surface area contributed by atoms with Crippen molar-refractivity contribution in [3.63, 3.8) is 0 Å². The number of hydrogen-bond donors (Lipinski definition) is 0. The summed E-state index contributed by atoms with van der Waals surface area (Å²) in [4.78, 5) is 11.1. The number of carbonyl (C=O) groups is 1. The smallest absolute Gasteiger partial charge is 0.387 e. The highest BCUT2D eigenvalue weighted by Crippen LogP contribution is 2.26. The zero-order valence-electron chi connectivity index (χ0n) is 9.60. The van der Waals surface area contributed by atoms with Crippen molar-refractivity contribution in [2.45, 2.75) is 18.4 Å². The van der Waals surface area contributed by atoms with Gasteiger partial charge in [-0.2, -0.15) is 8.78 Å². The number of rotatable bonds is 5. The van der Waals surface area contributed by atoms with Crippen molar-refractivity contribution >= 4 is 25.7 Å². The Kier molecular flexibility index (Phi) is 5.07. The molecule has 106 valence electrons. The number of benzene rings is 1. The molecule has 0 atom stereocenters. The Morgan fingerprint density at radius 1 is 1.42 bits per heavy atom. The first kappa shape index (κ1) is 15.6. The first-order valence-electron chi connectivity index (χ1n) is 4.96. The molecule has 0 saturated carbocycles. The molecule has 0 amide bonds. The first-order chi connectivity index (χ1) is 8.75. The van der Waals surface area contributed by atoms with E-state index in [1.165, 1.54) is 6.92 Å². The maximum atomic E-state index is 12.2. The van der Waals surface area contributed by atoms with Gasteiger partial charge in [0.25, 0.3) is 9.05 Å². The predicted molar refractivity (Wildman–Crippen MR) is 62.1 cm³/mol. The van der Waals surface area contributed by atoms with Gasteiger partial charge in [0.15, 0.2) is 0 Å². The molecule has 0 unspecified atom stereocenters. The van der Waals surface area contributed by atoms with E-state index in [2.05, 4.69) is 9.47 Å². The summed E-state index contributed by atoms with van der Waals surface area (Å²) in [6.45, 7) is -1.66. The van der Waals surface area contributed by atoms with Crippen LogP contribution in [0, 0.1) is 0 Å². The van der Waals surface area contributed by atoms with E-state index < -0.39 is 37.8 Å². The predicted octanol–water partition coefficient (Wildman–Crippen LogP) is 2.39. The second-order valence-electron chi connectivity index (χ2n) is 3.19. The van der Waals surface area contributed by atoms with Gasteiger partial charge in [0.2, 0.25) is 0 Å². The van der Waals surface area contributed by atoms with Crippen molar-refractivity contribution in [3.05, 3.63) is 23.8 Å². The fourth-order valence-corrected chi connectivity index (χ4v) is 2.01. The van der Waals surface area contributed by atoms with Gasteiger partial charge in [0.05, 0.1) is 11.5 Å². The van der Waals surface area contributed by atoms with Crippen molar-refractivity contribution in [1.29, 1.82) is 0 Å². The van der Waals surface area contributed by atoms with Crippen molar-refractivity contribution in [3.8, 4) is 5.75 Å². The average Bonchev–Trinajstić information content (AvgIpc) is 2.27. The van der Waals surface area contributed by atoms with Crippen LogP contribution in [0.3, 0.4) is 0 Å². The third-order valence-corrected chi connectivity index (χ3v) is 3.30. The van der Waals surface area contributed by atoms with E-state index >= 15 is 0 Å². The lowest BCUT2D eigenvalue weighted by Crippen LogP contribution is -2.11. The van der Waals surface area contributed by atoms with Crippen LogP contribution < -0.4 is 4.74 Å². The van der Waals surface area contributed by atoms with Crippen molar-refractivity contribution in [2.75, 3.05) is 6.61 Å². The summed E-state index contributed by atoms with van der Waals surface area (Å²) in [5, 5.41) is 0. The highest BCUT2D eigenvalue weighted by Gasteiger charge is 2.21. The number of hydrogen-bond acceptors (Lipinski definition) is 5. The topological polar surface area (TPSA) is 69.7 Å². The molecule has 1 rings (SSSR count). The maximum absolute atomic E-state index is 12.2. The largest absolute Gasteiger partial charge is 0.462 e. The van der Waals surface area contributed by atoms with Gasteiger partial charge in [-0.1, -0.05) is 0 Å². The summed E-state index contributed by atoms with van der Waals surface area (Å²) in [5.41, 5.74) is -0.441. The van der Waals surface area contributed by atoms with E-state index in [0.29, 0.717) is 0 Å². The Balaban J connectivity index is 3.30. The van der Waals surface area contributed by atoms with E-state index in [9.17, 15) is 22.0 Å². The average molecular weight is 315 g/mol. The molecule has 0 aromatic heterocycles. The Labute approximate surface area is 112 Å². The van der Waals surface area contributed by atoms with E-state index in [-0.39, 0.29) is 6.61 Å². The van der Waals surface area contributed by atoms with Gasteiger partial charge in [-0.05, 0) is 25.1 Å². The molecule has 0 saturated heterocycles. The number of esters is 1. The Morgan fingerprint density at radius 3 is 2.53 bits per heavy atom. The maximum Gasteiger partial charge on any atom is 0.387 e. The number of ether oxygens (including phenoxy) is 2. The lowest BCUT2D eigenvalue weighted by molar-refractivity contribution is -0.0504. The molecule has 0 aliphatic carbocycles. The van der Waals surface area contributed by atoms with Crippen molar-refractivity contribution in [2.24, 2.45) is 0 Å². The second-order valence-corrected chi connectivity index (χ2v) is 5.76. The SMILES string of the molecule is CCOC(=O)c1cc(S(=O)(=O)Cl)ccc1OC(F)F. The molecule has 0 fully saturated rings. The molecule has 19 heavy (non-hydrogen) atoms. The summed E-state index contributed by atoms with van der Waals surface area (Å²) in [6, 6.07) is 2.68. The van der Waals surface area contributed by atoms with Crippen LogP contribution in [0.4, 0.5) is 8.78 Å². The highest BCUT2D eigenvalue weighted by molar-refractivity contribution is 8.13. The molecular formula is C10H9ClF2O5S. The summed E-state index contributed by atoms with van der Waals surface area (Å²) in [6.07, 6.45) is 0. The fraction of sp³-hybridized carbons (Fsp3) is 0.300. The molecule has 0 heterocycles. The van der Waals surface area contributed by atoms with Crippen LogP contribution in [0.1, 0.15) is 17.3 Å². The molecule has 0 spiro atoms. The number of alkyl halides is 2. The minimum Gasteiger partial charge on any atom is -0.462 e. The van der Waals surface area contributed by atoms with Crippen molar-refractivity contribution in [1.82, 2.24) is 0 Å². The van der Waals surface area contributed by atoms with Crippen LogP contribution in [0.5, 0.6) is 5.75 Å². The molecule has 0 N–H and O–H groups in total. The van der Waals surface area contributed by atoms with Crippen molar-refractivity contribution < 1.29 is 31.5 Å². The Morgan fingerprint density at radius 2 is 2.05 bits per heavy atom. The number of halogens is 3. The van der Waals surface area contributed by atoms with E-state index in [1.807, 2.05) is 0 Å². The summed E-state index contributed by atoms with van der Waals surface area (Å²) >= 11 is 0. The van der Waals surface area contributed by atoms with Crippen LogP contribution in [0.15, 0.2) is 23.1 Å². The molecule has 9 heteroatoms. The van der Waals surface area contributed by atoms with Gasteiger partial charge >= 0.3 is 12.6 Å². The van der Waals surface area contributed by atoms with Gasteiger partial charge in [-0.25, -0.2) is 13.2 Å². The van der Waals surface area contributed by atoms with E-state index in [0.717, 1.165) is 18.2 Å². The van der Waals surface area contributed by atoms with Gasteiger partial charge in [0.1, 0.15) is 11.3 Å². The third kappa shape index (κ3) is 4.32. The molecule has 0 aliphatic rings. The standard InChI is InChI=1S/C10H9ClF2O5S/c1-2-17-9(14)7-5-6(19(11,15)16)3-4-8(7)18-10(12)13/h3-5,10H,2H2,1H3. The molecule has 1 aromatic carbocycles. The van der Waals surface area contributed by atoms with Gasteiger partial charge < -0.3 is 9.47 Å². The molecule has 0 radical (unpaired) electrons. The molecule has 5 nitrogen and oxygen atoms in total. The number of carbonyl (C=O) groups excluding carboxylic acids is 1. The molecule has 0 aliphatic heterocycles. The molecule has 0 bridgehead atoms. The van der Waals surface area contributed by atoms with Gasteiger partial charge in [-0.3, -0.25) is 0 Å². The van der Waals surface area contributed by atoms with E-state index in [4.69, 9.17) is 10.7 Å². The Hall–Kier alpha value is -1.41. The monoisotopic (exact) mass is 314 g/mol. The fourth-order valence-electron chi connectivity index (χ4n) is 1.23. The molecular weight excluding hydrogens is 306 g/mol. The normalized spacial score (nSPS) is 11.4. The minimum atomic E-state index is -4.10. The third-order valence-electron chi connectivity index (χ3n) is 1.94. The highest BCUT2D eigenvalue weighted by atomic mass is 35.7. The second kappa shape index (κ2) is 6.16. The zero-order valence-corrected chi connectivity index (χ0v) is 11.2. The van der Waals surface area contributed by atoms with Gasteiger partial charge in [-0.15, -0.1) is 0 Å². The lowest BCUT2D eigenvalue weighted by atomic mass is 10.2. The first-order valence-corrected chi connectivity index (χ1v) is 7.27. The Bertz CT molecular complexity index is 573. The van der Waals surface area contributed by atoms with Crippen LogP contribution in [0.2, 0.25) is 0 Å². The van der Waals surface area contributed by atoms with Crippen LogP contribution >= 0.6 is 10.7 Å². The van der Waals surface area contributed by atoms with Gasteiger partial charge in [0, 0.05) is 10.7 Å². The summed E-state index contributed by atoms with van der Waals surface area (Å²) in [7, 11) is 1.00. The lowest BCUT2D eigenvalue weighted by Gasteiger charge is -2.10.